The predicted molar refractivity (Wildman–Crippen MR) is 75.3 cm³/mol. The van der Waals surface area contributed by atoms with Gasteiger partial charge in [-0.3, -0.25) is 0 Å². The summed E-state index contributed by atoms with van der Waals surface area (Å²) in [4.78, 5) is 0. The van der Waals surface area contributed by atoms with E-state index in [9.17, 15) is 0 Å². The van der Waals surface area contributed by atoms with Crippen LogP contribution in [0.1, 0.15) is 30.7 Å². The third kappa shape index (κ3) is 2.65. The molecule has 2 nitrogen and oxygen atoms in total. The lowest BCUT2D eigenvalue weighted by Crippen LogP contribution is -2.47. The first kappa shape index (κ1) is 11.9. The molecule has 0 bridgehead atoms. The molecule has 2 heteroatoms. The maximum Gasteiger partial charge on any atom is 0.0314 e. The first-order valence-electron chi connectivity index (χ1n) is 7.13. The van der Waals surface area contributed by atoms with E-state index in [2.05, 4.69) is 52.5 Å². The lowest BCUT2D eigenvalue weighted by atomic mass is 9.90. The van der Waals surface area contributed by atoms with Crippen LogP contribution in [0, 0.1) is 0 Å². The number of hydrazine groups is 1. The van der Waals surface area contributed by atoms with Crippen LogP contribution < -0.4 is 0 Å². The minimum absolute atomic E-state index is 0.766. The van der Waals surface area contributed by atoms with Crippen LogP contribution in [0.5, 0.6) is 0 Å². The van der Waals surface area contributed by atoms with Crippen molar-refractivity contribution in [2.24, 2.45) is 0 Å². The molecule has 1 aromatic rings. The summed E-state index contributed by atoms with van der Waals surface area (Å²) in [6, 6.07) is 11.0. The van der Waals surface area contributed by atoms with E-state index >= 15 is 0 Å². The van der Waals surface area contributed by atoms with E-state index in [0.29, 0.717) is 0 Å². The van der Waals surface area contributed by atoms with Gasteiger partial charge in [-0.15, -0.1) is 0 Å². The van der Waals surface area contributed by atoms with Crippen LogP contribution in [-0.4, -0.2) is 36.2 Å². The molecule has 18 heavy (non-hydrogen) atoms. The Morgan fingerprint density at radius 2 is 1.61 bits per heavy atom. The molecular formula is C16H22N2. The third-order valence-electron chi connectivity index (χ3n) is 4.18. The molecule has 0 atom stereocenters. The Bertz CT molecular complexity index is 391. The highest BCUT2D eigenvalue weighted by Gasteiger charge is 2.24. The molecule has 2 heterocycles. The molecule has 0 amide bonds. The molecule has 1 fully saturated rings. The van der Waals surface area contributed by atoms with Gasteiger partial charge in [-0.05, 0) is 30.7 Å². The van der Waals surface area contributed by atoms with Gasteiger partial charge in [0.2, 0.25) is 0 Å². The molecule has 2 aliphatic rings. The van der Waals surface area contributed by atoms with Gasteiger partial charge in [0.25, 0.3) is 0 Å². The summed E-state index contributed by atoms with van der Waals surface area (Å²) < 4.78 is 0. The predicted octanol–water partition coefficient (Wildman–Crippen LogP) is 3.04. The average molecular weight is 242 g/mol. The van der Waals surface area contributed by atoms with Crippen molar-refractivity contribution in [1.29, 1.82) is 0 Å². The molecule has 1 saturated heterocycles. The smallest absolute Gasteiger partial charge is 0.0314 e. The lowest BCUT2D eigenvalue weighted by Gasteiger charge is -2.40. The van der Waals surface area contributed by atoms with E-state index in [-0.39, 0.29) is 0 Å². The molecular weight excluding hydrogens is 220 g/mol. The van der Waals surface area contributed by atoms with Crippen LogP contribution in [-0.2, 0) is 0 Å². The molecule has 3 rings (SSSR count). The molecule has 0 aliphatic carbocycles. The highest BCUT2D eigenvalue weighted by Crippen LogP contribution is 2.28. The van der Waals surface area contributed by atoms with Gasteiger partial charge in [-0.1, -0.05) is 42.5 Å². The Labute approximate surface area is 110 Å². The molecule has 0 saturated carbocycles. The van der Waals surface area contributed by atoms with Crippen LogP contribution in [0.3, 0.4) is 0 Å². The monoisotopic (exact) mass is 242 g/mol. The number of nitrogens with zero attached hydrogens (tertiary/aromatic N) is 2. The van der Waals surface area contributed by atoms with E-state index in [4.69, 9.17) is 0 Å². The van der Waals surface area contributed by atoms with Gasteiger partial charge in [0.05, 0.1) is 0 Å². The number of rotatable bonds is 2. The second-order valence-corrected chi connectivity index (χ2v) is 5.31. The van der Waals surface area contributed by atoms with Gasteiger partial charge in [0, 0.05) is 26.2 Å². The summed E-state index contributed by atoms with van der Waals surface area (Å²) in [5.74, 6) is 0.766. The minimum atomic E-state index is 0.766. The molecule has 1 aromatic carbocycles. The van der Waals surface area contributed by atoms with Crippen molar-refractivity contribution in [3.63, 3.8) is 0 Å². The van der Waals surface area contributed by atoms with Crippen molar-refractivity contribution in [2.75, 3.05) is 26.2 Å². The Kier molecular flexibility index (Phi) is 3.77. The normalized spacial score (nSPS) is 23.3. The summed E-state index contributed by atoms with van der Waals surface area (Å²) in [6.45, 7) is 4.74. The third-order valence-corrected chi connectivity index (χ3v) is 4.18. The van der Waals surface area contributed by atoms with Crippen molar-refractivity contribution in [3.8, 4) is 0 Å². The highest BCUT2D eigenvalue weighted by molar-refractivity contribution is 5.19. The SMILES string of the molecule is C1=CCN(N2CCC(c3ccccc3)CC2)CC1. The molecule has 0 radical (unpaired) electrons. The Morgan fingerprint density at radius 1 is 0.833 bits per heavy atom. The van der Waals surface area contributed by atoms with E-state index in [1.807, 2.05) is 0 Å². The maximum absolute atomic E-state index is 2.56. The molecule has 2 aliphatic heterocycles. The Balaban J connectivity index is 1.56. The van der Waals surface area contributed by atoms with Crippen molar-refractivity contribution in [3.05, 3.63) is 48.0 Å². The molecule has 0 N–H and O–H groups in total. The second kappa shape index (κ2) is 5.68. The van der Waals surface area contributed by atoms with Crippen LogP contribution >= 0.6 is 0 Å². The van der Waals surface area contributed by atoms with Gasteiger partial charge < -0.3 is 0 Å². The van der Waals surface area contributed by atoms with Crippen LogP contribution in [0.2, 0.25) is 0 Å². The van der Waals surface area contributed by atoms with E-state index in [1.165, 1.54) is 44.5 Å². The standard InChI is InChI=1S/C16H22N2/c1-3-7-15(8-4-1)16-9-13-18(14-10-16)17-11-5-2-6-12-17/h1-5,7-8,16H,6,9-14H2. The van der Waals surface area contributed by atoms with E-state index in [1.54, 1.807) is 0 Å². The fraction of sp³-hybridized carbons (Fsp3) is 0.500. The first-order chi connectivity index (χ1) is 8.93. The Morgan fingerprint density at radius 3 is 2.28 bits per heavy atom. The second-order valence-electron chi connectivity index (χ2n) is 5.31. The number of piperidine rings is 1. The van der Waals surface area contributed by atoms with Crippen molar-refractivity contribution in [1.82, 2.24) is 10.0 Å². The van der Waals surface area contributed by atoms with Crippen molar-refractivity contribution >= 4 is 0 Å². The zero-order chi connectivity index (χ0) is 12.2. The number of hydrogen-bond acceptors (Lipinski definition) is 2. The first-order valence-corrected chi connectivity index (χ1v) is 7.13. The van der Waals surface area contributed by atoms with Gasteiger partial charge in [0.1, 0.15) is 0 Å². The summed E-state index contributed by atoms with van der Waals surface area (Å²) in [7, 11) is 0. The van der Waals surface area contributed by atoms with Crippen molar-refractivity contribution in [2.45, 2.75) is 25.2 Å². The summed E-state index contributed by atoms with van der Waals surface area (Å²) in [5.41, 5.74) is 1.52. The lowest BCUT2D eigenvalue weighted by molar-refractivity contribution is -0.0353. The van der Waals surface area contributed by atoms with Gasteiger partial charge in [-0.25, -0.2) is 10.0 Å². The summed E-state index contributed by atoms with van der Waals surface area (Å²) >= 11 is 0. The molecule has 0 unspecified atom stereocenters. The fourth-order valence-corrected chi connectivity index (χ4v) is 3.09. The zero-order valence-electron chi connectivity index (χ0n) is 11.0. The number of benzene rings is 1. The van der Waals surface area contributed by atoms with Crippen LogP contribution in [0.25, 0.3) is 0 Å². The summed E-state index contributed by atoms with van der Waals surface area (Å²) in [6.07, 6.45) is 8.40. The van der Waals surface area contributed by atoms with Crippen LogP contribution in [0.15, 0.2) is 42.5 Å². The van der Waals surface area contributed by atoms with Gasteiger partial charge in [-0.2, -0.15) is 0 Å². The molecule has 96 valence electrons. The van der Waals surface area contributed by atoms with E-state index < -0.39 is 0 Å². The number of hydrogen-bond donors (Lipinski definition) is 0. The van der Waals surface area contributed by atoms with Crippen LogP contribution in [0.4, 0.5) is 0 Å². The quantitative estimate of drug-likeness (QED) is 0.735. The van der Waals surface area contributed by atoms with Gasteiger partial charge >= 0.3 is 0 Å². The highest BCUT2D eigenvalue weighted by atomic mass is 15.6. The van der Waals surface area contributed by atoms with Crippen molar-refractivity contribution < 1.29 is 0 Å². The fourth-order valence-electron chi connectivity index (χ4n) is 3.09. The topological polar surface area (TPSA) is 6.48 Å². The molecule has 0 aromatic heterocycles. The zero-order valence-corrected chi connectivity index (χ0v) is 11.0. The molecule has 0 spiro atoms. The van der Waals surface area contributed by atoms with Gasteiger partial charge in [0.15, 0.2) is 0 Å². The largest absolute Gasteiger partial charge is 0.241 e. The summed E-state index contributed by atoms with van der Waals surface area (Å²) in [5, 5.41) is 5.07. The Hall–Kier alpha value is -1.12. The van der Waals surface area contributed by atoms with E-state index in [0.717, 1.165) is 12.5 Å². The maximum atomic E-state index is 2.56. The average Bonchev–Trinajstić information content (AvgIpc) is 2.49. The minimum Gasteiger partial charge on any atom is -0.241 e.